The molecule has 1 saturated carbocycles. The van der Waals surface area contributed by atoms with Gasteiger partial charge in [-0.25, -0.2) is 4.79 Å². The first-order valence-corrected chi connectivity index (χ1v) is 11.1. The molecule has 1 N–H and O–H groups in total. The van der Waals surface area contributed by atoms with E-state index in [0.29, 0.717) is 31.2 Å². The van der Waals surface area contributed by atoms with Crippen molar-refractivity contribution in [2.75, 3.05) is 24.7 Å². The normalized spacial score (nSPS) is 19.4. The summed E-state index contributed by atoms with van der Waals surface area (Å²) in [7, 11) is 0. The van der Waals surface area contributed by atoms with Crippen LogP contribution in [0.5, 0.6) is 11.5 Å². The van der Waals surface area contributed by atoms with Crippen LogP contribution in [0.25, 0.3) is 0 Å². The molecule has 2 aliphatic rings. The molecular weight excluding hydrogens is 394 g/mol. The van der Waals surface area contributed by atoms with Gasteiger partial charge in [-0.15, -0.1) is 0 Å². The molecular formula is C25H29NO5. The highest BCUT2D eigenvalue weighted by Crippen LogP contribution is 2.29. The van der Waals surface area contributed by atoms with E-state index in [2.05, 4.69) is 0 Å². The number of hydrogen-bond acceptors (Lipinski definition) is 4. The molecule has 1 unspecified atom stereocenters. The maximum Gasteiger partial charge on any atom is 0.335 e. The Morgan fingerprint density at radius 3 is 2.06 bits per heavy atom. The lowest BCUT2D eigenvalue weighted by Crippen LogP contribution is -2.25. The second-order valence-electron chi connectivity index (χ2n) is 8.52. The van der Waals surface area contributed by atoms with E-state index in [0.717, 1.165) is 18.0 Å². The van der Waals surface area contributed by atoms with Gasteiger partial charge in [0.15, 0.2) is 0 Å². The first-order chi connectivity index (χ1) is 15.1. The van der Waals surface area contributed by atoms with E-state index >= 15 is 0 Å². The van der Waals surface area contributed by atoms with Crippen LogP contribution in [0.1, 0.15) is 48.9 Å². The lowest BCUT2D eigenvalue weighted by molar-refractivity contribution is -0.117. The van der Waals surface area contributed by atoms with E-state index in [9.17, 15) is 9.59 Å². The Balaban J connectivity index is 1.27. The van der Waals surface area contributed by atoms with Crippen molar-refractivity contribution in [3.63, 3.8) is 0 Å². The van der Waals surface area contributed by atoms with Gasteiger partial charge in [0.1, 0.15) is 11.5 Å². The van der Waals surface area contributed by atoms with Crippen LogP contribution in [-0.4, -0.2) is 36.7 Å². The number of anilines is 1. The average Bonchev–Trinajstić information content (AvgIpc) is 3.18. The average molecular weight is 424 g/mol. The number of amides is 1. The van der Waals surface area contributed by atoms with Gasteiger partial charge < -0.3 is 19.5 Å². The standard InChI is InChI=1S/C25H29NO5/c27-24-14-19(17-31-22-10-6-20(7-11-22)25(28)29)15-26(24)21-8-12-23(13-9-21)30-16-18-4-2-1-3-5-18/h6-13,18-19H,1-5,14-17H2,(H,28,29). The topological polar surface area (TPSA) is 76.1 Å². The molecule has 164 valence electrons. The molecule has 0 spiro atoms. The highest BCUT2D eigenvalue weighted by molar-refractivity contribution is 5.95. The Morgan fingerprint density at radius 1 is 0.871 bits per heavy atom. The summed E-state index contributed by atoms with van der Waals surface area (Å²) in [5, 5.41) is 8.96. The molecule has 2 aromatic carbocycles. The summed E-state index contributed by atoms with van der Waals surface area (Å²) in [4.78, 5) is 25.2. The number of carbonyl (C=O) groups excluding carboxylic acids is 1. The largest absolute Gasteiger partial charge is 0.493 e. The molecule has 1 aliphatic carbocycles. The minimum atomic E-state index is -0.964. The minimum Gasteiger partial charge on any atom is -0.493 e. The molecule has 1 atom stereocenters. The Morgan fingerprint density at radius 2 is 1.45 bits per heavy atom. The monoisotopic (exact) mass is 423 g/mol. The van der Waals surface area contributed by atoms with Crippen molar-refractivity contribution in [1.29, 1.82) is 0 Å². The van der Waals surface area contributed by atoms with Crippen molar-refractivity contribution >= 4 is 17.6 Å². The molecule has 4 rings (SSSR count). The maximum atomic E-state index is 12.5. The van der Waals surface area contributed by atoms with E-state index in [1.54, 1.807) is 17.0 Å². The molecule has 2 aromatic rings. The third-order valence-corrected chi connectivity index (χ3v) is 6.15. The van der Waals surface area contributed by atoms with Crippen LogP contribution in [0.15, 0.2) is 48.5 Å². The molecule has 2 fully saturated rings. The second kappa shape index (κ2) is 9.86. The summed E-state index contributed by atoms with van der Waals surface area (Å²) in [6.45, 7) is 1.79. The lowest BCUT2D eigenvalue weighted by atomic mass is 9.90. The van der Waals surface area contributed by atoms with Crippen molar-refractivity contribution in [2.45, 2.75) is 38.5 Å². The van der Waals surface area contributed by atoms with Crippen molar-refractivity contribution in [2.24, 2.45) is 11.8 Å². The zero-order chi connectivity index (χ0) is 21.6. The van der Waals surface area contributed by atoms with Crippen molar-refractivity contribution in [1.82, 2.24) is 0 Å². The molecule has 0 aromatic heterocycles. The van der Waals surface area contributed by atoms with Gasteiger partial charge in [0, 0.05) is 24.6 Å². The van der Waals surface area contributed by atoms with Crippen LogP contribution in [0.2, 0.25) is 0 Å². The third kappa shape index (κ3) is 5.57. The number of carbonyl (C=O) groups is 2. The number of ether oxygens (including phenoxy) is 2. The second-order valence-corrected chi connectivity index (χ2v) is 8.52. The molecule has 31 heavy (non-hydrogen) atoms. The molecule has 6 heteroatoms. The number of hydrogen-bond donors (Lipinski definition) is 1. The third-order valence-electron chi connectivity index (χ3n) is 6.15. The van der Waals surface area contributed by atoms with E-state index in [1.807, 2.05) is 24.3 Å². The first kappa shape index (κ1) is 21.2. The highest BCUT2D eigenvalue weighted by atomic mass is 16.5. The maximum absolute atomic E-state index is 12.5. The van der Waals surface area contributed by atoms with Gasteiger partial charge in [0.25, 0.3) is 0 Å². The molecule has 1 amide bonds. The van der Waals surface area contributed by atoms with Crippen LogP contribution in [-0.2, 0) is 4.79 Å². The zero-order valence-electron chi connectivity index (χ0n) is 17.7. The smallest absolute Gasteiger partial charge is 0.335 e. The van der Waals surface area contributed by atoms with E-state index in [-0.39, 0.29) is 17.4 Å². The fourth-order valence-corrected chi connectivity index (χ4v) is 4.34. The van der Waals surface area contributed by atoms with Crippen LogP contribution in [0, 0.1) is 11.8 Å². The highest BCUT2D eigenvalue weighted by Gasteiger charge is 2.31. The summed E-state index contributed by atoms with van der Waals surface area (Å²) in [5.74, 6) is 1.34. The van der Waals surface area contributed by atoms with E-state index in [4.69, 9.17) is 14.6 Å². The van der Waals surface area contributed by atoms with Gasteiger partial charge in [-0.05, 0) is 67.3 Å². The van der Waals surface area contributed by atoms with Crippen LogP contribution < -0.4 is 14.4 Å². The van der Waals surface area contributed by atoms with Crippen LogP contribution >= 0.6 is 0 Å². The number of carboxylic acids is 1. The van der Waals surface area contributed by atoms with Crippen LogP contribution in [0.3, 0.4) is 0 Å². The molecule has 6 nitrogen and oxygen atoms in total. The van der Waals surface area contributed by atoms with Gasteiger partial charge in [-0.2, -0.15) is 0 Å². The molecule has 0 radical (unpaired) electrons. The van der Waals surface area contributed by atoms with Crippen molar-refractivity contribution in [3.8, 4) is 11.5 Å². The number of rotatable bonds is 8. The Labute approximate surface area is 182 Å². The van der Waals surface area contributed by atoms with Gasteiger partial charge >= 0.3 is 5.97 Å². The fourth-order valence-electron chi connectivity index (χ4n) is 4.34. The predicted octanol–water partition coefficient (Wildman–Crippen LogP) is 4.78. The number of nitrogens with zero attached hydrogens (tertiary/aromatic N) is 1. The fraction of sp³-hybridized carbons (Fsp3) is 0.440. The summed E-state index contributed by atoms with van der Waals surface area (Å²) in [6.07, 6.45) is 6.91. The van der Waals surface area contributed by atoms with Gasteiger partial charge in [0.05, 0.1) is 18.8 Å². The summed E-state index contributed by atoms with van der Waals surface area (Å²) < 4.78 is 11.7. The molecule has 1 saturated heterocycles. The van der Waals surface area contributed by atoms with E-state index in [1.165, 1.54) is 44.2 Å². The summed E-state index contributed by atoms with van der Waals surface area (Å²) in [6, 6.07) is 14.1. The zero-order valence-corrected chi connectivity index (χ0v) is 17.7. The number of aromatic carboxylic acids is 1. The molecule has 1 aliphatic heterocycles. The Kier molecular flexibility index (Phi) is 6.75. The quantitative estimate of drug-likeness (QED) is 0.662. The van der Waals surface area contributed by atoms with Gasteiger partial charge in [-0.3, -0.25) is 4.79 Å². The van der Waals surface area contributed by atoms with Crippen molar-refractivity contribution < 1.29 is 24.2 Å². The predicted molar refractivity (Wildman–Crippen MR) is 118 cm³/mol. The Hall–Kier alpha value is -3.02. The molecule has 1 heterocycles. The first-order valence-electron chi connectivity index (χ1n) is 11.1. The van der Waals surface area contributed by atoms with Gasteiger partial charge in [-0.1, -0.05) is 19.3 Å². The number of carboxylic acid groups (broad SMARTS) is 1. The Bertz CT molecular complexity index is 887. The van der Waals surface area contributed by atoms with Crippen molar-refractivity contribution in [3.05, 3.63) is 54.1 Å². The SMILES string of the molecule is O=C(O)c1ccc(OCC2CC(=O)N(c3ccc(OCC4CCCCC4)cc3)C2)cc1. The number of benzene rings is 2. The van der Waals surface area contributed by atoms with Gasteiger partial charge in [0.2, 0.25) is 5.91 Å². The van der Waals surface area contributed by atoms with Crippen LogP contribution in [0.4, 0.5) is 5.69 Å². The van der Waals surface area contributed by atoms with E-state index < -0.39 is 5.97 Å². The lowest BCUT2D eigenvalue weighted by Gasteiger charge is -2.22. The summed E-state index contributed by atoms with van der Waals surface area (Å²) in [5.41, 5.74) is 1.10. The molecule has 0 bridgehead atoms. The summed E-state index contributed by atoms with van der Waals surface area (Å²) >= 11 is 0. The minimum absolute atomic E-state index is 0.0886.